The average molecular weight is 304 g/mol. The van der Waals surface area contributed by atoms with Crippen LogP contribution in [0.25, 0.3) is 11.1 Å². The van der Waals surface area contributed by atoms with Gasteiger partial charge in [0.25, 0.3) is 6.01 Å². The number of rotatable bonds is 2. The molecule has 1 spiro atoms. The second-order valence-corrected chi connectivity index (χ2v) is 5.55. The van der Waals surface area contributed by atoms with Crippen molar-refractivity contribution in [2.24, 2.45) is 0 Å². The molecule has 0 saturated carbocycles. The number of carboxylic acids is 1. The summed E-state index contributed by atoms with van der Waals surface area (Å²) in [5.41, 5.74) is 1.03. The number of aromatic carboxylic acids is 1. The van der Waals surface area contributed by atoms with Crippen LogP contribution in [0.15, 0.2) is 22.6 Å². The summed E-state index contributed by atoms with van der Waals surface area (Å²) in [7, 11) is 0. The van der Waals surface area contributed by atoms with E-state index in [9.17, 15) is 9.90 Å². The molecule has 0 amide bonds. The summed E-state index contributed by atoms with van der Waals surface area (Å²) < 4.78 is 17.1. The molecule has 4 rings (SSSR count). The zero-order valence-corrected chi connectivity index (χ0v) is 11.9. The summed E-state index contributed by atoms with van der Waals surface area (Å²) in [6.45, 7) is 2.69. The van der Waals surface area contributed by atoms with Crippen LogP contribution >= 0.6 is 0 Å². The van der Waals surface area contributed by atoms with Crippen LogP contribution in [0.4, 0.5) is 6.01 Å². The molecule has 7 heteroatoms. The van der Waals surface area contributed by atoms with E-state index in [0.29, 0.717) is 43.4 Å². The van der Waals surface area contributed by atoms with Gasteiger partial charge in [0.1, 0.15) is 5.52 Å². The maximum Gasteiger partial charge on any atom is 0.338 e. The summed E-state index contributed by atoms with van der Waals surface area (Å²) >= 11 is 0. The molecular weight excluding hydrogens is 288 g/mol. The highest BCUT2D eigenvalue weighted by Gasteiger charge is 2.40. The normalized spacial score (nSPS) is 20.8. The first-order valence-corrected chi connectivity index (χ1v) is 7.33. The van der Waals surface area contributed by atoms with Gasteiger partial charge < -0.3 is 23.9 Å². The fourth-order valence-electron chi connectivity index (χ4n) is 3.07. The van der Waals surface area contributed by atoms with Crippen molar-refractivity contribution in [3.63, 3.8) is 0 Å². The number of ether oxygens (including phenoxy) is 2. The molecular formula is C15H16N2O5. The van der Waals surface area contributed by atoms with Crippen LogP contribution in [0.2, 0.25) is 0 Å². The minimum atomic E-state index is -1.00. The predicted molar refractivity (Wildman–Crippen MR) is 77.1 cm³/mol. The van der Waals surface area contributed by atoms with E-state index in [1.54, 1.807) is 12.1 Å². The lowest BCUT2D eigenvalue weighted by Crippen LogP contribution is -2.45. The van der Waals surface area contributed by atoms with Gasteiger partial charge in [-0.05, 0) is 12.1 Å². The largest absolute Gasteiger partial charge is 0.478 e. The van der Waals surface area contributed by atoms with E-state index < -0.39 is 11.8 Å². The fraction of sp³-hybridized carbons (Fsp3) is 0.467. The van der Waals surface area contributed by atoms with Crippen LogP contribution in [0.3, 0.4) is 0 Å². The van der Waals surface area contributed by atoms with Crippen molar-refractivity contribution in [2.45, 2.75) is 18.6 Å². The topological polar surface area (TPSA) is 85.0 Å². The molecule has 2 saturated heterocycles. The number of para-hydroxylation sites is 1. The summed E-state index contributed by atoms with van der Waals surface area (Å²) in [6, 6.07) is 5.37. The minimum absolute atomic E-state index is 0.156. The van der Waals surface area contributed by atoms with Crippen LogP contribution in [0.1, 0.15) is 23.2 Å². The molecule has 0 bridgehead atoms. The summed E-state index contributed by atoms with van der Waals surface area (Å²) in [6.07, 6.45) is 1.50. The Balaban J connectivity index is 1.60. The first-order valence-electron chi connectivity index (χ1n) is 7.33. The number of hydrogen-bond donors (Lipinski definition) is 1. The number of hydrogen-bond acceptors (Lipinski definition) is 6. The Morgan fingerprint density at radius 3 is 2.64 bits per heavy atom. The SMILES string of the molecule is O=C(O)c1cccc2oc(N3CCC4(CC3)OCCO4)nc12. The van der Waals surface area contributed by atoms with E-state index in [-0.39, 0.29) is 5.56 Å². The molecule has 0 aliphatic carbocycles. The third-order valence-electron chi connectivity index (χ3n) is 4.25. The maximum atomic E-state index is 11.2. The number of carbonyl (C=O) groups is 1. The first kappa shape index (κ1) is 13.5. The third-order valence-corrected chi connectivity index (χ3v) is 4.25. The highest BCUT2D eigenvalue weighted by atomic mass is 16.7. The lowest BCUT2D eigenvalue weighted by Gasteiger charge is -2.36. The van der Waals surface area contributed by atoms with Gasteiger partial charge in [0.15, 0.2) is 11.4 Å². The summed E-state index contributed by atoms with van der Waals surface area (Å²) in [4.78, 5) is 17.6. The Bertz CT molecular complexity index is 710. The average Bonchev–Trinajstić information content (AvgIpc) is 3.14. The Hall–Kier alpha value is -2.12. The molecule has 0 unspecified atom stereocenters. The highest BCUT2D eigenvalue weighted by Crippen LogP contribution is 2.34. The molecule has 1 aromatic heterocycles. The van der Waals surface area contributed by atoms with Crippen LogP contribution in [-0.2, 0) is 9.47 Å². The van der Waals surface area contributed by atoms with Gasteiger partial charge in [-0.25, -0.2) is 4.79 Å². The Labute approximate surface area is 126 Å². The Kier molecular flexibility index (Phi) is 3.05. The number of fused-ring (bicyclic) bond motifs is 1. The lowest BCUT2D eigenvalue weighted by molar-refractivity contribution is -0.169. The maximum absolute atomic E-state index is 11.2. The standard InChI is InChI=1S/C15H16N2O5/c18-13(19)10-2-1-3-11-12(10)16-14(22-11)17-6-4-15(5-7-17)20-8-9-21-15/h1-3H,4-9H2,(H,18,19). The van der Waals surface area contributed by atoms with Crippen LogP contribution in [0.5, 0.6) is 0 Å². The zero-order chi connectivity index (χ0) is 15.2. The van der Waals surface area contributed by atoms with E-state index >= 15 is 0 Å². The molecule has 1 aromatic carbocycles. The molecule has 2 aromatic rings. The highest BCUT2D eigenvalue weighted by molar-refractivity contribution is 6.00. The Morgan fingerprint density at radius 1 is 1.23 bits per heavy atom. The van der Waals surface area contributed by atoms with Crippen LogP contribution in [-0.4, -0.2) is 48.2 Å². The number of benzene rings is 1. The predicted octanol–water partition coefficient (Wildman–Crippen LogP) is 1.87. The summed E-state index contributed by atoms with van der Waals surface area (Å²) in [5.74, 6) is -1.45. The van der Waals surface area contributed by atoms with Gasteiger partial charge in [-0.15, -0.1) is 0 Å². The third kappa shape index (κ3) is 2.13. The molecule has 7 nitrogen and oxygen atoms in total. The number of oxazole rings is 1. The molecule has 116 valence electrons. The Morgan fingerprint density at radius 2 is 1.95 bits per heavy atom. The van der Waals surface area contributed by atoms with Crippen LogP contribution < -0.4 is 4.90 Å². The summed E-state index contributed by atoms with van der Waals surface area (Å²) in [5, 5.41) is 9.21. The molecule has 2 aliphatic heterocycles. The molecule has 0 atom stereocenters. The van der Waals surface area contributed by atoms with Crippen molar-refractivity contribution in [1.82, 2.24) is 4.98 Å². The van der Waals surface area contributed by atoms with E-state index in [0.717, 1.165) is 12.8 Å². The second kappa shape index (κ2) is 4.96. The molecule has 1 N–H and O–H groups in total. The minimum Gasteiger partial charge on any atom is -0.478 e. The van der Waals surface area contributed by atoms with Crippen molar-refractivity contribution in [2.75, 3.05) is 31.2 Å². The molecule has 0 radical (unpaired) electrons. The number of piperidine rings is 1. The van der Waals surface area contributed by atoms with Gasteiger partial charge in [0, 0.05) is 25.9 Å². The van der Waals surface area contributed by atoms with Crippen molar-refractivity contribution in [1.29, 1.82) is 0 Å². The van der Waals surface area contributed by atoms with Gasteiger partial charge in [0.05, 0.1) is 18.8 Å². The van der Waals surface area contributed by atoms with Gasteiger partial charge in [0.2, 0.25) is 0 Å². The van der Waals surface area contributed by atoms with Crippen molar-refractivity contribution in [3.8, 4) is 0 Å². The van der Waals surface area contributed by atoms with E-state index in [1.165, 1.54) is 6.07 Å². The first-order chi connectivity index (χ1) is 10.7. The number of aromatic nitrogens is 1. The van der Waals surface area contributed by atoms with Crippen molar-refractivity contribution < 1.29 is 23.8 Å². The molecule has 3 heterocycles. The number of anilines is 1. The van der Waals surface area contributed by atoms with Gasteiger partial charge in [-0.1, -0.05) is 6.07 Å². The van der Waals surface area contributed by atoms with E-state index in [4.69, 9.17) is 13.9 Å². The van der Waals surface area contributed by atoms with Gasteiger partial charge in [-0.3, -0.25) is 0 Å². The van der Waals surface area contributed by atoms with Gasteiger partial charge >= 0.3 is 5.97 Å². The van der Waals surface area contributed by atoms with Crippen molar-refractivity contribution in [3.05, 3.63) is 23.8 Å². The smallest absolute Gasteiger partial charge is 0.338 e. The van der Waals surface area contributed by atoms with E-state index in [1.807, 2.05) is 4.90 Å². The number of carboxylic acid groups (broad SMARTS) is 1. The second-order valence-electron chi connectivity index (χ2n) is 5.55. The number of nitrogens with zero attached hydrogens (tertiary/aromatic N) is 2. The molecule has 2 aliphatic rings. The monoisotopic (exact) mass is 304 g/mol. The van der Waals surface area contributed by atoms with Crippen molar-refractivity contribution >= 4 is 23.1 Å². The van der Waals surface area contributed by atoms with E-state index in [2.05, 4.69) is 4.98 Å². The molecule has 22 heavy (non-hydrogen) atoms. The lowest BCUT2D eigenvalue weighted by atomic mass is 10.0. The fourth-order valence-corrected chi connectivity index (χ4v) is 3.07. The molecule has 2 fully saturated rings. The van der Waals surface area contributed by atoms with Gasteiger partial charge in [-0.2, -0.15) is 4.98 Å². The zero-order valence-electron chi connectivity index (χ0n) is 11.9. The quantitative estimate of drug-likeness (QED) is 0.906. The van der Waals surface area contributed by atoms with Crippen LogP contribution in [0, 0.1) is 0 Å².